The number of esters is 1. The molecular formula is C18H19N3O4S. The van der Waals surface area contributed by atoms with E-state index in [2.05, 4.69) is 15.4 Å². The zero-order valence-electron chi connectivity index (χ0n) is 14.9. The molecule has 0 saturated carbocycles. The maximum absolute atomic E-state index is 11.7. The van der Waals surface area contributed by atoms with Gasteiger partial charge in [0.05, 0.1) is 17.6 Å². The van der Waals surface area contributed by atoms with Crippen LogP contribution in [0.25, 0.3) is 0 Å². The number of rotatable bonds is 4. The Balaban J connectivity index is 2.27. The molecule has 2 aromatic rings. The monoisotopic (exact) mass is 373 g/mol. The molecule has 0 saturated heterocycles. The SMILES string of the molecule is COC(=O)c1cc(NC(=S)Nc2c(C)cc(C)cc2C)cc([N+](=O)[O-])c1. The molecule has 2 rings (SSSR count). The number of benzene rings is 2. The van der Waals surface area contributed by atoms with Crippen LogP contribution in [-0.4, -0.2) is 23.1 Å². The number of aryl methyl sites for hydroxylation is 3. The van der Waals surface area contributed by atoms with E-state index in [1.807, 2.05) is 32.9 Å². The summed E-state index contributed by atoms with van der Waals surface area (Å²) in [6.07, 6.45) is 0. The minimum absolute atomic E-state index is 0.0645. The van der Waals surface area contributed by atoms with Gasteiger partial charge in [-0.25, -0.2) is 4.79 Å². The number of nitro benzene ring substituents is 1. The number of nitro groups is 1. The maximum Gasteiger partial charge on any atom is 0.338 e. The molecule has 7 nitrogen and oxygen atoms in total. The van der Waals surface area contributed by atoms with Gasteiger partial charge in [0.2, 0.25) is 0 Å². The van der Waals surface area contributed by atoms with Gasteiger partial charge in [-0.1, -0.05) is 17.7 Å². The average molecular weight is 373 g/mol. The van der Waals surface area contributed by atoms with Gasteiger partial charge in [0.25, 0.3) is 5.69 Å². The van der Waals surface area contributed by atoms with Crippen molar-refractivity contribution in [1.29, 1.82) is 0 Å². The molecular weight excluding hydrogens is 354 g/mol. The van der Waals surface area contributed by atoms with Crippen LogP contribution in [0.2, 0.25) is 0 Å². The number of non-ortho nitro benzene ring substituents is 1. The predicted octanol–water partition coefficient (Wildman–Crippen LogP) is 4.12. The van der Waals surface area contributed by atoms with Crippen molar-refractivity contribution in [3.05, 3.63) is 62.7 Å². The topological polar surface area (TPSA) is 93.5 Å². The fourth-order valence-electron chi connectivity index (χ4n) is 2.68. The smallest absolute Gasteiger partial charge is 0.338 e. The fourth-order valence-corrected chi connectivity index (χ4v) is 2.90. The predicted molar refractivity (Wildman–Crippen MR) is 105 cm³/mol. The highest BCUT2D eigenvalue weighted by Gasteiger charge is 2.16. The van der Waals surface area contributed by atoms with Crippen molar-refractivity contribution in [3.8, 4) is 0 Å². The molecule has 0 aliphatic heterocycles. The molecule has 0 spiro atoms. The molecule has 26 heavy (non-hydrogen) atoms. The number of anilines is 2. The summed E-state index contributed by atoms with van der Waals surface area (Å²) in [5, 5.41) is 17.3. The van der Waals surface area contributed by atoms with Gasteiger partial charge in [0.1, 0.15) is 0 Å². The molecule has 136 valence electrons. The first-order chi connectivity index (χ1) is 12.2. The highest BCUT2D eigenvalue weighted by molar-refractivity contribution is 7.80. The summed E-state index contributed by atoms with van der Waals surface area (Å²) in [6.45, 7) is 5.94. The minimum Gasteiger partial charge on any atom is -0.465 e. The fraction of sp³-hybridized carbons (Fsp3) is 0.222. The van der Waals surface area contributed by atoms with Gasteiger partial charge in [0, 0.05) is 23.5 Å². The molecule has 0 aliphatic carbocycles. The molecule has 8 heteroatoms. The highest BCUT2D eigenvalue weighted by atomic mass is 32.1. The molecule has 0 unspecified atom stereocenters. The Kier molecular flexibility index (Phi) is 5.89. The Bertz CT molecular complexity index is 873. The number of nitrogens with one attached hydrogen (secondary N) is 2. The second-order valence-electron chi connectivity index (χ2n) is 5.87. The van der Waals surface area contributed by atoms with E-state index in [-0.39, 0.29) is 16.4 Å². The van der Waals surface area contributed by atoms with E-state index in [9.17, 15) is 14.9 Å². The van der Waals surface area contributed by atoms with Gasteiger partial charge < -0.3 is 15.4 Å². The number of hydrogen-bond donors (Lipinski definition) is 2. The molecule has 0 fully saturated rings. The van der Waals surface area contributed by atoms with Gasteiger partial charge in [-0.05, 0) is 50.2 Å². The van der Waals surface area contributed by atoms with E-state index in [0.717, 1.165) is 28.4 Å². The van der Waals surface area contributed by atoms with Gasteiger partial charge in [0.15, 0.2) is 5.11 Å². The quantitative estimate of drug-likeness (QED) is 0.360. The van der Waals surface area contributed by atoms with Crippen molar-refractivity contribution < 1.29 is 14.5 Å². The normalized spacial score (nSPS) is 10.2. The number of methoxy groups -OCH3 is 1. The van der Waals surface area contributed by atoms with Gasteiger partial charge >= 0.3 is 5.97 Å². The lowest BCUT2D eigenvalue weighted by Crippen LogP contribution is -2.20. The first-order valence-electron chi connectivity index (χ1n) is 7.75. The van der Waals surface area contributed by atoms with E-state index in [4.69, 9.17) is 12.2 Å². The van der Waals surface area contributed by atoms with Crippen LogP contribution in [0.4, 0.5) is 17.1 Å². The van der Waals surface area contributed by atoms with Crippen molar-refractivity contribution in [2.75, 3.05) is 17.7 Å². The zero-order chi connectivity index (χ0) is 19.4. The Hall–Kier alpha value is -3.00. The molecule has 0 amide bonds. The number of carbonyl (C=O) groups excluding carboxylic acids is 1. The summed E-state index contributed by atoms with van der Waals surface area (Å²) in [7, 11) is 1.21. The van der Waals surface area contributed by atoms with Crippen molar-refractivity contribution in [2.24, 2.45) is 0 Å². The molecule has 0 aliphatic rings. The Labute approximate surface area is 156 Å². The molecule has 0 bridgehead atoms. The van der Waals surface area contributed by atoms with Crippen molar-refractivity contribution in [3.63, 3.8) is 0 Å². The number of carbonyl (C=O) groups is 1. The van der Waals surface area contributed by atoms with E-state index < -0.39 is 10.9 Å². The summed E-state index contributed by atoms with van der Waals surface area (Å²) in [5.74, 6) is -0.666. The number of ether oxygens (including phenoxy) is 1. The molecule has 2 aromatic carbocycles. The Morgan fingerprint density at radius 2 is 1.69 bits per heavy atom. The average Bonchev–Trinajstić information content (AvgIpc) is 2.56. The van der Waals surface area contributed by atoms with Gasteiger partial charge in [-0.3, -0.25) is 10.1 Å². The van der Waals surface area contributed by atoms with Crippen LogP contribution in [0.1, 0.15) is 27.0 Å². The van der Waals surface area contributed by atoms with E-state index in [0.29, 0.717) is 5.69 Å². The lowest BCUT2D eigenvalue weighted by molar-refractivity contribution is -0.384. The minimum atomic E-state index is -0.666. The third-order valence-electron chi connectivity index (χ3n) is 3.72. The standard InChI is InChI=1S/C18H19N3O4S/c1-10-5-11(2)16(12(3)6-10)20-18(26)19-14-7-13(17(22)25-4)8-15(9-14)21(23)24/h5-9H,1-4H3,(H2,19,20,26). The largest absolute Gasteiger partial charge is 0.465 e. The Morgan fingerprint density at radius 3 is 2.23 bits per heavy atom. The molecule has 0 heterocycles. The van der Waals surface area contributed by atoms with Crippen LogP contribution in [0.3, 0.4) is 0 Å². The lowest BCUT2D eigenvalue weighted by Gasteiger charge is -2.16. The Morgan fingerprint density at radius 1 is 1.08 bits per heavy atom. The third kappa shape index (κ3) is 4.54. The molecule has 0 aromatic heterocycles. The highest BCUT2D eigenvalue weighted by Crippen LogP contribution is 2.24. The molecule has 0 atom stereocenters. The first kappa shape index (κ1) is 19.3. The van der Waals surface area contributed by atoms with Crippen molar-refractivity contribution >= 4 is 40.4 Å². The van der Waals surface area contributed by atoms with Crippen LogP contribution in [0.5, 0.6) is 0 Å². The first-order valence-corrected chi connectivity index (χ1v) is 8.15. The zero-order valence-corrected chi connectivity index (χ0v) is 15.7. The van der Waals surface area contributed by atoms with Crippen LogP contribution in [0.15, 0.2) is 30.3 Å². The summed E-state index contributed by atoms with van der Waals surface area (Å²) < 4.78 is 4.63. The van der Waals surface area contributed by atoms with Gasteiger partial charge in [-0.15, -0.1) is 0 Å². The maximum atomic E-state index is 11.7. The van der Waals surface area contributed by atoms with E-state index >= 15 is 0 Å². The van der Waals surface area contributed by atoms with E-state index in [1.165, 1.54) is 19.2 Å². The van der Waals surface area contributed by atoms with Crippen LogP contribution in [-0.2, 0) is 4.74 Å². The second kappa shape index (κ2) is 7.92. The molecule has 0 radical (unpaired) electrons. The number of nitrogens with zero attached hydrogens (tertiary/aromatic N) is 1. The number of hydrogen-bond acceptors (Lipinski definition) is 5. The third-order valence-corrected chi connectivity index (χ3v) is 3.93. The number of thiocarbonyl (C=S) groups is 1. The van der Waals surface area contributed by atoms with Crippen molar-refractivity contribution in [1.82, 2.24) is 0 Å². The summed E-state index contributed by atoms with van der Waals surface area (Å²) in [4.78, 5) is 22.2. The second-order valence-corrected chi connectivity index (χ2v) is 6.28. The molecule has 2 N–H and O–H groups in total. The van der Waals surface area contributed by atoms with E-state index in [1.54, 1.807) is 0 Å². The van der Waals surface area contributed by atoms with Crippen LogP contribution in [0, 0.1) is 30.9 Å². The summed E-state index contributed by atoms with van der Waals surface area (Å²) in [6, 6.07) is 7.96. The van der Waals surface area contributed by atoms with Crippen molar-refractivity contribution in [2.45, 2.75) is 20.8 Å². The lowest BCUT2D eigenvalue weighted by atomic mass is 10.1. The summed E-state index contributed by atoms with van der Waals surface area (Å²) >= 11 is 5.31. The summed E-state index contributed by atoms with van der Waals surface area (Å²) in [5.41, 5.74) is 4.22. The van der Waals surface area contributed by atoms with Gasteiger partial charge in [-0.2, -0.15) is 0 Å². The van der Waals surface area contributed by atoms with Crippen LogP contribution >= 0.6 is 12.2 Å². The van der Waals surface area contributed by atoms with Crippen LogP contribution < -0.4 is 10.6 Å².